The van der Waals surface area contributed by atoms with Crippen LogP contribution >= 0.6 is 15.2 Å². The first-order chi connectivity index (χ1) is 13.5. The van der Waals surface area contributed by atoms with Crippen LogP contribution in [0.15, 0.2) is 0 Å². The molecule has 0 heterocycles. The number of rotatable bonds is 16. The van der Waals surface area contributed by atoms with E-state index in [1.54, 1.807) is 0 Å². The molecule has 0 saturated carbocycles. The molecule has 12 nitrogen and oxygen atoms in total. The molecule has 3 N–H and O–H groups in total. The Kier molecular flexibility index (Phi) is 12.5. The van der Waals surface area contributed by atoms with Crippen molar-refractivity contribution in [3.8, 4) is 0 Å². The third-order valence-corrected chi connectivity index (χ3v) is 9.34. The van der Waals surface area contributed by atoms with Gasteiger partial charge in [0.2, 0.25) is 5.91 Å². The smallest absolute Gasteiger partial charge is 0.346 e. The fourth-order valence-corrected chi connectivity index (χ4v) is 7.57. The third-order valence-electron chi connectivity index (χ3n) is 3.35. The maximum atomic E-state index is 13.3. The van der Waals surface area contributed by atoms with E-state index in [9.17, 15) is 23.5 Å². The quantitative estimate of drug-likeness (QED) is 0.288. The molecule has 0 aromatic carbocycles. The number of carbonyl (C=O) groups excluding carboxylic acids is 1. The fraction of sp³-hybridized carbons (Fsp3) is 0.800. The van der Waals surface area contributed by atoms with Crippen LogP contribution in [0.3, 0.4) is 0 Å². The molecule has 0 saturated heterocycles. The minimum Gasteiger partial charge on any atom is -0.481 e. The van der Waals surface area contributed by atoms with Gasteiger partial charge in [-0.2, -0.15) is 0 Å². The Labute approximate surface area is 169 Å². The maximum Gasteiger partial charge on any atom is 0.346 e. The lowest BCUT2D eigenvalue weighted by molar-refractivity contribution is -0.147. The Bertz CT molecular complexity index is 604. The van der Waals surface area contributed by atoms with Gasteiger partial charge in [0.15, 0.2) is 5.40 Å². The molecule has 0 aliphatic carbocycles. The van der Waals surface area contributed by atoms with Gasteiger partial charge in [-0.1, -0.05) is 0 Å². The first kappa shape index (κ1) is 27.7. The van der Waals surface area contributed by atoms with Crippen molar-refractivity contribution in [1.29, 1.82) is 0 Å². The molecule has 0 spiro atoms. The van der Waals surface area contributed by atoms with Crippen LogP contribution in [0.5, 0.6) is 0 Å². The average Bonchev–Trinajstić information content (AvgIpc) is 2.59. The summed E-state index contributed by atoms with van der Waals surface area (Å²) in [4.78, 5) is 34.4. The third kappa shape index (κ3) is 8.94. The van der Waals surface area contributed by atoms with Crippen molar-refractivity contribution in [3.63, 3.8) is 0 Å². The van der Waals surface area contributed by atoms with Crippen molar-refractivity contribution < 1.29 is 51.8 Å². The van der Waals surface area contributed by atoms with Gasteiger partial charge in [-0.25, -0.2) is 4.79 Å². The van der Waals surface area contributed by atoms with Gasteiger partial charge in [0, 0.05) is 0 Å². The summed E-state index contributed by atoms with van der Waals surface area (Å²) in [6, 6.07) is -1.74. The minimum atomic E-state index is -4.20. The van der Waals surface area contributed by atoms with Crippen LogP contribution in [0, 0.1) is 0 Å². The highest BCUT2D eigenvalue weighted by atomic mass is 31.2. The van der Waals surface area contributed by atoms with Crippen molar-refractivity contribution in [2.75, 3.05) is 26.4 Å². The second kappa shape index (κ2) is 13.1. The minimum absolute atomic E-state index is 0.0928. The van der Waals surface area contributed by atoms with E-state index in [0.29, 0.717) is 0 Å². The molecule has 0 bridgehead atoms. The van der Waals surface area contributed by atoms with E-state index in [-0.39, 0.29) is 26.4 Å². The average molecular weight is 461 g/mol. The number of hydrogen-bond donors (Lipinski definition) is 3. The largest absolute Gasteiger partial charge is 0.481 e. The van der Waals surface area contributed by atoms with E-state index in [4.69, 9.17) is 28.3 Å². The SMILES string of the molecule is CCOP(=O)(OCC)C(CC(=O)NC(CC(=O)O)C(=O)O)P(=O)(OCC)OCC. The molecular formula is C15H29NO11P2. The lowest BCUT2D eigenvalue weighted by atomic mass is 10.2. The summed E-state index contributed by atoms with van der Waals surface area (Å²) in [5, 5.41) is 18.2. The summed E-state index contributed by atoms with van der Waals surface area (Å²) in [5.74, 6) is -4.05. The Morgan fingerprint density at radius 2 is 1.17 bits per heavy atom. The lowest BCUT2D eigenvalue weighted by Crippen LogP contribution is -2.43. The highest BCUT2D eigenvalue weighted by molar-refractivity contribution is 7.72. The molecule has 0 rings (SSSR count). The normalized spacial score (nSPS) is 13.3. The van der Waals surface area contributed by atoms with E-state index < -0.39 is 57.3 Å². The molecule has 1 atom stereocenters. The van der Waals surface area contributed by atoms with E-state index in [2.05, 4.69) is 0 Å². The van der Waals surface area contributed by atoms with E-state index in [1.165, 1.54) is 27.7 Å². The summed E-state index contributed by atoms with van der Waals surface area (Å²) in [7, 11) is -8.39. The number of nitrogens with one attached hydrogen (secondary N) is 1. The second-order valence-electron chi connectivity index (χ2n) is 5.49. The van der Waals surface area contributed by atoms with Gasteiger partial charge < -0.3 is 33.6 Å². The zero-order valence-corrected chi connectivity index (χ0v) is 18.6. The Hall–Kier alpha value is -1.29. The number of carboxylic acids is 2. The molecule has 0 aromatic rings. The highest BCUT2D eigenvalue weighted by Crippen LogP contribution is 2.71. The predicted molar refractivity (Wildman–Crippen MR) is 102 cm³/mol. The molecule has 0 radical (unpaired) electrons. The van der Waals surface area contributed by atoms with Crippen molar-refractivity contribution >= 4 is 33.0 Å². The van der Waals surface area contributed by atoms with Crippen molar-refractivity contribution in [2.45, 2.75) is 52.0 Å². The van der Waals surface area contributed by atoms with Crippen LogP contribution in [0.4, 0.5) is 0 Å². The van der Waals surface area contributed by atoms with Crippen molar-refractivity contribution in [3.05, 3.63) is 0 Å². The lowest BCUT2D eigenvalue weighted by Gasteiger charge is -2.31. The monoisotopic (exact) mass is 461 g/mol. The second-order valence-corrected chi connectivity index (χ2v) is 10.3. The number of carboxylic acid groups (broad SMARTS) is 2. The van der Waals surface area contributed by atoms with Gasteiger partial charge in [-0.15, -0.1) is 0 Å². The Morgan fingerprint density at radius 3 is 1.45 bits per heavy atom. The number of amides is 1. The van der Waals surface area contributed by atoms with Gasteiger partial charge in [0.05, 0.1) is 39.3 Å². The standard InChI is InChI=1S/C15H29NO11P2/c1-5-24-28(22,25-6-2)14(29(23,26-7-3)27-8-4)10-12(17)16-11(15(20)21)9-13(18)19/h11,14H,5-10H2,1-4H3,(H,16,17)(H,18,19)(H,20,21). The molecule has 0 aliphatic rings. The molecule has 0 aromatic heterocycles. The molecule has 170 valence electrons. The predicted octanol–water partition coefficient (Wildman–Crippen LogP) is 2.28. The number of carbonyl (C=O) groups is 3. The molecule has 29 heavy (non-hydrogen) atoms. The van der Waals surface area contributed by atoms with E-state index >= 15 is 0 Å². The summed E-state index contributed by atoms with van der Waals surface area (Å²) in [6.45, 7) is 5.69. The van der Waals surface area contributed by atoms with Crippen LogP contribution in [0.2, 0.25) is 0 Å². The van der Waals surface area contributed by atoms with Gasteiger partial charge in [-0.3, -0.25) is 18.7 Å². The Morgan fingerprint density at radius 1 is 0.793 bits per heavy atom. The van der Waals surface area contributed by atoms with Crippen LogP contribution in [-0.2, 0) is 41.6 Å². The van der Waals surface area contributed by atoms with Crippen LogP contribution < -0.4 is 5.32 Å². The zero-order valence-electron chi connectivity index (χ0n) is 16.9. The van der Waals surface area contributed by atoms with Gasteiger partial charge in [-0.05, 0) is 27.7 Å². The van der Waals surface area contributed by atoms with Gasteiger partial charge in [0.25, 0.3) is 0 Å². The topological polar surface area (TPSA) is 175 Å². The molecular weight excluding hydrogens is 432 g/mol. The number of aliphatic carboxylic acids is 2. The summed E-state index contributed by atoms with van der Waals surface area (Å²) < 4.78 is 47.3. The fourth-order valence-electron chi connectivity index (χ4n) is 2.33. The van der Waals surface area contributed by atoms with Crippen LogP contribution in [-0.4, -0.2) is 65.9 Å². The van der Waals surface area contributed by atoms with Gasteiger partial charge >= 0.3 is 27.1 Å². The highest BCUT2D eigenvalue weighted by Gasteiger charge is 2.52. The first-order valence-electron chi connectivity index (χ1n) is 9.01. The molecule has 0 aliphatic heterocycles. The summed E-state index contributed by atoms with van der Waals surface area (Å²) in [6.07, 6.45) is -1.67. The molecule has 1 amide bonds. The van der Waals surface area contributed by atoms with Crippen LogP contribution in [0.1, 0.15) is 40.5 Å². The van der Waals surface area contributed by atoms with Crippen molar-refractivity contribution in [2.24, 2.45) is 0 Å². The van der Waals surface area contributed by atoms with Gasteiger partial charge in [0.1, 0.15) is 6.04 Å². The molecule has 1 unspecified atom stereocenters. The molecule has 14 heteroatoms. The van der Waals surface area contributed by atoms with E-state index in [1.807, 2.05) is 5.32 Å². The van der Waals surface area contributed by atoms with E-state index in [0.717, 1.165) is 0 Å². The summed E-state index contributed by atoms with van der Waals surface area (Å²) in [5.41, 5.74) is 0. The first-order valence-corrected chi connectivity index (χ1v) is 12.2. The maximum absolute atomic E-state index is 13.3. The zero-order chi connectivity index (χ0) is 22.7. The van der Waals surface area contributed by atoms with Crippen molar-refractivity contribution in [1.82, 2.24) is 5.32 Å². The summed E-state index contributed by atoms with van der Waals surface area (Å²) >= 11 is 0. The van der Waals surface area contributed by atoms with Crippen LogP contribution in [0.25, 0.3) is 0 Å². The molecule has 0 fully saturated rings. The Balaban J connectivity index is 5.94. The number of hydrogen-bond acceptors (Lipinski definition) is 9.